The number of sulfonamides is 1. The van der Waals surface area contributed by atoms with Crippen molar-refractivity contribution in [1.29, 1.82) is 0 Å². The Balaban J connectivity index is 2.05. The molecule has 1 aromatic carbocycles. The first-order valence-electron chi connectivity index (χ1n) is 12.5. The number of allylic oxidation sites excluding steroid dienone is 2. The van der Waals surface area contributed by atoms with Crippen LogP contribution in [0.25, 0.3) is 0 Å². The Hall–Kier alpha value is -3.63. The molecule has 0 aromatic heterocycles. The summed E-state index contributed by atoms with van der Waals surface area (Å²) in [6.07, 6.45) is -7.57. The Morgan fingerprint density at radius 2 is 1.90 bits per heavy atom. The van der Waals surface area contributed by atoms with Crippen molar-refractivity contribution >= 4 is 28.1 Å². The molecule has 0 unspecified atom stereocenters. The number of benzene rings is 1. The number of alkyl halides is 6. The Labute approximate surface area is 236 Å². The fraction of sp³-hybridized carbons (Fsp3) is 0.480. The fourth-order valence-corrected chi connectivity index (χ4v) is 4.70. The molecule has 17 heteroatoms. The molecule has 4 N–H and O–H groups in total. The van der Waals surface area contributed by atoms with E-state index in [0.717, 1.165) is 31.4 Å². The van der Waals surface area contributed by atoms with Gasteiger partial charge in [-0.15, -0.1) is 0 Å². The molecule has 3 rings (SSSR count). The summed E-state index contributed by atoms with van der Waals surface area (Å²) in [5.41, 5.74) is -0.878. The molecule has 2 aliphatic rings. The van der Waals surface area contributed by atoms with Crippen LogP contribution in [0.2, 0.25) is 0 Å². The molecule has 1 saturated carbocycles. The predicted molar refractivity (Wildman–Crippen MR) is 136 cm³/mol. The van der Waals surface area contributed by atoms with Crippen LogP contribution in [0.4, 0.5) is 30.7 Å². The zero-order chi connectivity index (χ0) is 31.5. The number of ether oxygens (including phenoxy) is 1. The summed E-state index contributed by atoms with van der Waals surface area (Å²) in [5, 5.41) is 1.61. The Kier molecular flexibility index (Phi) is 9.64. The topological polar surface area (TPSA) is 140 Å². The molecule has 2 amide bonds. The molecule has 9 nitrogen and oxygen atoms in total. The summed E-state index contributed by atoms with van der Waals surface area (Å²) in [7, 11) is -4.27. The lowest BCUT2D eigenvalue weighted by Crippen LogP contribution is -2.60. The molecule has 1 aromatic rings. The molecule has 42 heavy (non-hydrogen) atoms. The standard InChI is InChI=1S/C25H27F7N4O5S/c1-42(39,40)36-22(38)20-16(19(33)8-10-34-14-4-2-5-14)13-23(25(30,31)32,35-21(20)37)17-7-6-15(12-18(17)26)41-11-3-9-24(27,28)29/h6-8,10,12,14H,2-5,9,11,13,33H2,1H3,(H,35,37)(H,36,38)/t23-/m0/s1. The highest BCUT2D eigenvalue weighted by Crippen LogP contribution is 2.48. The first-order valence-corrected chi connectivity index (χ1v) is 14.4. The molecule has 1 fully saturated rings. The van der Waals surface area contributed by atoms with Gasteiger partial charge in [-0.25, -0.2) is 17.5 Å². The number of halogens is 7. The van der Waals surface area contributed by atoms with Crippen LogP contribution in [0.5, 0.6) is 5.75 Å². The molecule has 0 bridgehead atoms. The van der Waals surface area contributed by atoms with Crippen LogP contribution < -0.4 is 20.5 Å². The zero-order valence-corrected chi connectivity index (χ0v) is 22.9. The van der Waals surface area contributed by atoms with E-state index in [4.69, 9.17) is 10.5 Å². The molecule has 0 radical (unpaired) electrons. The van der Waals surface area contributed by atoms with E-state index >= 15 is 4.39 Å². The van der Waals surface area contributed by atoms with Crippen LogP contribution >= 0.6 is 0 Å². The normalized spacial score (nSPS) is 20.9. The van der Waals surface area contributed by atoms with Gasteiger partial charge in [-0.1, -0.05) is 0 Å². The van der Waals surface area contributed by atoms with E-state index in [2.05, 4.69) is 4.99 Å². The average Bonchev–Trinajstić information content (AvgIpc) is 2.80. The number of carbonyl (C=O) groups is 2. The van der Waals surface area contributed by atoms with E-state index in [1.165, 1.54) is 10.9 Å². The number of hydrogen-bond donors (Lipinski definition) is 3. The highest BCUT2D eigenvalue weighted by atomic mass is 32.2. The third-order valence-corrected chi connectivity index (χ3v) is 7.09. The molecule has 232 valence electrons. The minimum absolute atomic E-state index is 0.0387. The summed E-state index contributed by atoms with van der Waals surface area (Å²) < 4.78 is 126. The average molecular weight is 629 g/mol. The molecule has 0 spiro atoms. The number of hydrogen-bond acceptors (Lipinski definition) is 7. The van der Waals surface area contributed by atoms with Crippen molar-refractivity contribution in [2.45, 2.75) is 62.5 Å². The predicted octanol–water partition coefficient (Wildman–Crippen LogP) is 3.66. The molecule has 0 saturated heterocycles. The van der Waals surface area contributed by atoms with E-state index in [0.29, 0.717) is 18.4 Å². The van der Waals surface area contributed by atoms with Gasteiger partial charge in [-0.05, 0) is 49.5 Å². The Bertz CT molecular complexity index is 1420. The van der Waals surface area contributed by atoms with Crippen LogP contribution in [0.15, 0.2) is 46.1 Å². The lowest BCUT2D eigenvalue weighted by atomic mass is 9.77. The van der Waals surface area contributed by atoms with Gasteiger partial charge >= 0.3 is 12.4 Å². The molecule has 1 atom stereocenters. The molecule has 1 heterocycles. The van der Waals surface area contributed by atoms with Crippen LogP contribution in [0.3, 0.4) is 0 Å². The third-order valence-electron chi connectivity index (χ3n) is 6.53. The number of nitrogens with zero attached hydrogens (tertiary/aromatic N) is 1. The van der Waals surface area contributed by atoms with Gasteiger partial charge in [0.25, 0.3) is 11.8 Å². The minimum atomic E-state index is -5.40. The van der Waals surface area contributed by atoms with Gasteiger partial charge in [0.1, 0.15) is 17.1 Å². The highest BCUT2D eigenvalue weighted by molar-refractivity contribution is 7.89. The minimum Gasteiger partial charge on any atom is -0.493 e. The number of aliphatic imine (C=N–C) groups is 1. The van der Waals surface area contributed by atoms with Gasteiger partial charge in [0.2, 0.25) is 10.0 Å². The number of amides is 2. The third kappa shape index (κ3) is 8.01. The van der Waals surface area contributed by atoms with E-state index in [-0.39, 0.29) is 11.8 Å². The van der Waals surface area contributed by atoms with Crippen molar-refractivity contribution in [2.75, 3.05) is 12.9 Å². The fourth-order valence-electron chi connectivity index (χ4n) is 4.26. The van der Waals surface area contributed by atoms with Gasteiger partial charge in [-0.3, -0.25) is 14.6 Å². The number of carbonyl (C=O) groups excluding carboxylic acids is 2. The van der Waals surface area contributed by atoms with Crippen LogP contribution in [0, 0.1) is 5.82 Å². The second-order valence-electron chi connectivity index (χ2n) is 9.80. The summed E-state index contributed by atoms with van der Waals surface area (Å²) in [5.74, 6) is -5.14. The van der Waals surface area contributed by atoms with Gasteiger partial charge in [0.15, 0.2) is 5.54 Å². The second kappa shape index (κ2) is 12.3. The van der Waals surface area contributed by atoms with Crippen LogP contribution in [-0.2, 0) is 25.2 Å². The molecule has 1 aliphatic heterocycles. The lowest BCUT2D eigenvalue weighted by Gasteiger charge is -2.41. The van der Waals surface area contributed by atoms with Gasteiger partial charge in [-0.2, -0.15) is 26.3 Å². The monoisotopic (exact) mass is 628 g/mol. The van der Waals surface area contributed by atoms with Crippen molar-refractivity contribution in [2.24, 2.45) is 10.7 Å². The van der Waals surface area contributed by atoms with Crippen LogP contribution in [-0.4, -0.2) is 57.7 Å². The maximum atomic E-state index is 15.2. The Morgan fingerprint density at radius 1 is 1.24 bits per heavy atom. The van der Waals surface area contributed by atoms with Crippen molar-refractivity contribution in [1.82, 2.24) is 10.0 Å². The van der Waals surface area contributed by atoms with Gasteiger partial charge in [0, 0.05) is 42.4 Å². The first-order chi connectivity index (χ1) is 19.3. The smallest absolute Gasteiger partial charge is 0.416 e. The van der Waals surface area contributed by atoms with E-state index in [9.17, 15) is 44.3 Å². The summed E-state index contributed by atoms with van der Waals surface area (Å²) in [6, 6.07) is 2.00. The van der Waals surface area contributed by atoms with E-state index < -0.39 is 93.8 Å². The number of nitrogens with two attached hydrogens (primary N) is 1. The van der Waals surface area contributed by atoms with Gasteiger partial charge < -0.3 is 15.8 Å². The molecule has 1 aliphatic carbocycles. The van der Waals surface area contributed by atoms with Crippen molar-refractivity contribution in [3.05, 3.63) is 52.5 Å². The highest BCUT2D eigenvalue weighted by Gasteiger charge is 2.61. The summed E-state index contributed by atoms with van der Waals surface area (Å²) in [6.45, 7) is -0.505. The maximum absolute atomic E-state index is 15.2. The van der Waals surface area contributed by atoms with Gasteiger partial charge in [0.05, 0.1) is 12.9 Å². The van der Waals surface area contributed by atoms with Crippen molar-refractivity contribution in [3.63, 3.8) is 0 Å². The van der Waals surface area contributed by atoms with Crippen LogP contribution in [0.1, 0.15) is 44.1 Å². The molecular weight excluding hydrogens is 601 g/mol. The Morgan fingerprint density at radius 3 is 2.43 bits per heavy atom. The quantitative estimate of drug-likeness (QED) is 0.156. The van der Waals surface area contributed by atoms with E-state index in [1.54, 1.807) is 5.32 Å². The lowest BCUT2D eigenvalue weighted by molar-refractivity contribution is -0.204. The summed E-state index contributed by atoms with van der Waals surface area (Å²) >= 11 is 0. The number of rotatable bonds is 10. The maximum Gasteiger partial charge on any atom is 0.416 e. The summed E-state index contributed by atoms with van der Waals surface area (Å²) in [4.78, 5) is 29.9. The first kappa shape index (κ1) is 32.9. The SMILES string of the molecule is CS(=O)(=O)NC(=O)C1=C(C(N)=CC=NC2CCC2)C[C@](c2ccc(OCCCC(F)(F)F)cc2F)(C(F)(F)F)NC1=O. The van der Waals surface area contributed by atoms with Crippen molar-refractivity contribution in [3.8, 4) is 5.75 Å². The zero-order valence-electron chi connectivity index (χ0n) is 22.0. The second-order valence-corrected chi connectivity index (χ2v) is 11.6. The molecular formula is C25H27F7N4O5S. The van der Waals surface area contributed by atoms with E-state index in [1.807, 2.05) is 0 Å². The van der Waals surface area contributed by atoms with Crippen molar-refractivity contribution < 1.29 is 53.5 Å². The number of nitrogens with one attached hydrogen (secondary N) is 2. The largest absolute Gasteiger partial charge is 0.493 e.